The summed E-state index contributed by atoms with van der Waals surface area (Å²) in [6.07, 6.45) is 7.11. The molecule has 0 radical (unpaired) electrons. The summed E-state index contributed by atoms with van der Waals surface area (Å²) in [6, 6.07) is 26.1. The maximum Gasteiger partial charge on any atom is 0.253 e. The number of amides is 1. The Balaban J connectivity index is 1.06. The van der Waals surface area contributed by atoms with Crippen LogP contribution < -0.4 is 4.74 Å². The molecule has 1 amide bonds. The molecule has 6 rings (SSSR count). The number of H-pyrrole nitrogens is 1. The van der Waals surface area contributed by atoms with Gasteiger partial charge in [0.1, 0.15) is 17.7 Å². The number of rotatable bonds is 5. The van der Waals surface area contributed by atoms with Crippen molar-refractivity contribution in [1.29, 1.82) is 0 Å². The third-order valence-electron chi connectivity index (χ3n) is 6.69. The van der Waals surface area contributed by atoms with Crippen LogP contribution >= 0.6 is 0 Å². The molecular weight excluding hydrogens is 448 g/mol. The summed E-state index contributed by atoms with van der Waals surface area (Å²) in [7, 11) is 0. The first kappa shape index (κ1) is 22.0. The van der Waals surface area contributed by atoms with Crippen molar-refractivity contribution in [3.05, 3.63) is 103 Å². The zero-order valence-corrected chi connectivity index (χ0v) is 19.8. The van der Waals surface area contributed by atoms with E-state index >= 15 is 0 Å². The SMILES string of the molecule is O=C(c1cccc(-c2ncc[nH]2)c1)N1CCC(Oc2ccc(-c3cnc4ccccc4c3)cc2)CC1. The Morgan fingerprint density at radius 3 is 2.50 bits per heavy atom. The second-order valence-electron chi connectivity index (χ2n) is 9.07. The van der Waals surface area contributed by atoms with Crippen molar-refractivity contribution < 1.29 is 9.53 Å². The zero-order chi connectivity index (χ0) is 24.3. The van der Waals surface area contributed by atoms with Gasteiger partial charge in [0.15, 0.2) is 0 Å². The highest BCUT2D eigenvalue weighted by molar-refractivity contribution is 5.95. The number of aromatic nitrogens is 3. The summed E-state index contributed by atoms with van der Waals surface area (Å²) in [5.74, 6) is 1.67. The topological polar surface area (TPSA) is 71.1 Å². The average Bonchev–Trinajstić information content (AvgIpc) is 3.49. The van der Waals surface area contributed by atoms with E-state index in [0.29, 0.717) is 18.7 Å². The van der Waals surface area contributed by atoms with Gasteiger partial charge in [-0.25, -0.2) is 4.98 Å². The van der Waals surface area contributed by atoms with Crippen molar-refractivity contribution in [3.63, 3.8) is 0 Å². The average molecular weight is 475 g/mol. The number of hydrogen-bond acceptors (Lipinski definition) is 4. The zero-order valence-electron chi connectivity index (χ0n) is 19.8. The van der Waals surface area contributed by atoms with Crippen LogP contribution in [0.15, 0.2) is 97.5 Å². The third-order valence-corrected chi connectivity index (χ3v) is 6.69. The van der Waals surface area contributed by atoms with Crippen molar-refractivity contribution in [3.8, 4) is 28.3 Å². The molecule has 0 atom stereocenters. The lowest BCUT2D eigenvalue weighted by molar-refractivity contribution is 0.0595. The van der Waals surface area contributed by atoms with E-state index in [0.717, 1.165) is 52.0 Å². The number of ether oxygens (including phenoxy) is 1. The summed E-state index contributed by atoms with van der Waals surface area (Å²) in [4.78, 5) is 26.9. The molecule has 3 heterocycles. The van der Waals surface area contributed by atoms with Gasteiger partial charge in [0.2, 0.25) is 0 Å². The normalized spacial score (nSPS) is 14.2. The van der Waals surface area contributed by atoms with Crippen molar-refractivity contribution in [2.24, 2.45) is 0 Å². The van der Waals surface area contributed by atoms with E-state index in [1.54, 1.807) is 12.4 Å². The Morgan fingerprint density at radius 1 is 0.861 bits per heavy atom. The van der Waals surface area contributed by atoms with Crippen LogP contribution in [-0.2, 0) is 0 Å². The lowest BCUT2D eigenvalue weighted by Gasteiger charge is -2.32. The number of nitrogens with zero attached hydrogens (tertiary/aromatic N) is 3. The third kappa shape index (κ3) is 4.58. The minimum Gasteiger partial charge on any atom is -0.490 e. The highest BCUT2D eigenvalue weighted by Crippen LogP contribution is 2.27. The van der Waals surface area contributed by atoms with Gasteiger partial charge in [0.25, 0.3) is 5.91 Å². The molecule has 5 aromatic rings. The molecule has 0 aliphatic carbocycles. The smallest absolute Gasteiger partial charge is 0.253 e. The minimum atomic E-state index is 0.0511. The molecule has 0 spiro atoms. The Bertz CT molecular complexity index is 1490. The Morgan fingerprint density at radius 2 is 1.69 bits per heavy atom. The monoisotopic (exact) mass is 474 g/mol. The number of hydrogen-bond donors (Lipinski definition) is 1. The molecule has 0 bridgehead atoms. The van der Waals surface area contributed by atoms with E-state index in [1.807, 2.05) is 65.7 Å². The van der Waals surface area contributed by atoms with Crippen LogP contribution in [0.3, 0.4) is 0 Å². The van der Waals surface area contributed by atoms with Gasteiger partial charge in [0.05, 0.1) is 5.52 Å². The van der Waals surface area contributed by atoms with Crippen molar-refractivity contribution in [2.75, 3.05) is 13.1 Å². The first-order valence-corrected chi connectivity index (χ1v) is 12.2. The van der Waals surface area contributed by atoms with Gasteiger partial charge in [-0.2, -0.15) is 0 Å². The van der Waals surface area contributed by atoms with E-state index in [2.05, 4.69) is 39.2 Å². The van der Waals surface area contributed by atoms with Crippen molar-refractivity contribution in [2.45, 2.75) is 18.9 Å². The number of benzene rings is 3. The molecule has 1 saturated heterocycles. The van der Waals surface area contributed by atoms with Gasteiger partial charge in [-0.05, 0) is 42.0 Å². The number of carbonyl (C=O) groups is 1. The summed E-state index contributed by atoms with van der Waals surface area (Å²) in [6.45, 7) is 1.35. The first-order valence-electron chi connectivity index (χ1n) is 12.2. The Kier molecular flexibility index (Phi) is 5.91. The van der Waals surface area contributed by atoms with Crippen LogP contribution in [0.2, 0.25) is 0 Å². The molecule has 1 aliphatic rings. The molecule has 178 valence electrons. The fourth-order valence-corrected chi connectivity index (χ4v) is 4.73. The molecule has 6 heteroatoms. The van der Waals surface area contributed by atoms with E-state index in [1.165, 1.54) is 0 Å². The summed E-state index contributed by atoms with van der Waals surface area (Å²) in [5, 5.41) is 1.13. The number of piperidine rings is 1. The standard InChI is InChI=1S/C30H26N4O2/c35-30(24-6-3-5-23(19-24)29-31-14-15-32-29)34-16-12-27(13-17-34)36-26-10-8-21(9-11-26)25-18-22-4-1-2-7-28(22)33-20-25/h1-11,14-15,18-20,27H,12-13,16-17H2,(H,31,32). The molecular formula is C30H26N4O2. The van der Waals surface area contributed by atoms with Crippen LogP contribution in [0.4, 0.5) is 0 Å². The predicted molar refractivity (Wildman–Crippen MR) is 141 cm³/mol. The minimum absolute atomic E-state index is 0.0511. The number of imidazole rings is 1. The van der Waals surface area contributed by atoms with Gasteiger partial charge in [-0.15, -0.1) is 0 Å². The second-order valence-corrected chi connectivity index (χ2v) is 9.07. The van der Waals surface area contributed by atoms with Gasteiger partial charge >= 0.3 is 0 Å². The maximum atomic E-state index is 13.1. The largest absolute Gasteiger partial charge is 0.490 e. The lowest BCUT2D eigenvalue weighted by atomic mass is 10.0. The number of carbonyl (C=O) groups excluding carboxylic acids is 1. The van der Waals surface area contributed by atoms with Crippen LogP contribution in [0.1, 0.15) is 23.2 Å². The molecule has 0 saturated carbocycles. The van der Waals surface area contributed by atoms with Gasteiger partial charge < -0.3 is 14.6 Å². The lowest BCUT2D eigenvalue weighted by Crippen LogP contribution is -2.41. The summed E-state index contributed by atoms with van der Waals surface area (Å²) in [5.41, 5.74) is 4.78. The molecule has 1 N–H and O–H groups in total. The summed E-state index contributed by atoms with van der Waals surface area (Å²) >= 11 is 0. The first-order chi connectivity index (χ1) is 17.7. The number of likely N-dealkylation sites (tertiary alicyclic amines) is 1. The van der Waals surface area contributed by atoms with E-state index in [-0.39, 0.29) is 12.0 Å². The van der Waals surface area contributed by atoms with E-state index < -0.39 is 0 Å². The Hall–Kier alpha value is -4.45. The summed E-state index contributed by atoms with van der Waals surface area (Å²) < 4.78 is 6.25. The number of fused-ring (bicyclic) bond motifs is 1. The fraction of sp³-hybridized carbons (Fsp3) is 0.167. The maximum absolute atomic E-state index is 13.1. The van der Waals surface area contributed by atoms with Gasteiger partial charge in [0, 0.05) is 66.6 Å². The number of para-hydroxylation sites is 1. The molecule has 3 aromatic carbocycles. The van der Waals surface area contributed by atoms with Crippen molar-refractivity contribution >= 4 is 16.8 Å². The molecule has 2 aromatic heterocycles. The fourth-order valence-electron chi connectivity index (χ4n) is 4.73. The highest BCUT2D eigenvalue weighted by atomic mass is 16.5. The second kappa shape index (κ2) is 9.66. The molecule has 1 aliphatic heterocycles. The van der Waals surface area contributed by atoms with Crippen LogP contribution in [0.25, 0.3) is 33.4 Å². The van der Waals surface area contributed by atoms with E-state index in [4.69, 9.17) is 4.74 Å². The van der Waals surface area contributed by atoms with Crippen LogP contribution in [-0.4, -0.2) is 45.0 Å². The van der Waals surface area contributed by atoms with Crippen LogP contribution in [0, 0.1) is 0 Å². The van der Waals surface area contributed by atoms with Gasteiger partial charge in [-0.3, -0.25) is 9.78 Å². The number of aromatic amines is 1. The van der Waals surface area contributed by atoms with Crippen LogP contribution in [0.5, 0.6) is 5.75 Å². The number of pyridine rings is 1. The quantitative estimate of drug-likeness (QED) is 0.340. The highest BCUT2D eigenvalue weighted by Gasteiger charge is 2.25. The van der Waals surface area contributed by atoms with Gasteiger partial charge in [-0.1, -0.05) is 42.5 Å². The molecule has 6 nitrogen and oxygen atoms in total. The molecule has 0 unspecified atom stereocenters. The number of nitrogens with one attached hydrogen (secondary N) is 1. The Labute approximate surface area is 209 Å². The van der Waals surface area contributed by atoms with E-state index in [9.17, 15) is 4.79 Å². The predicted octanol–water partition coefficient (Wildman–Crippen LogP) is 5.98. The molecule has 1 fully saturated rings. The molecule has 36 heavy (non-hydrogen) atoms. The van der Waals surface area contributed by atoms with Crippen molar-refractivity contribution in [1.82, 2.24) is 19.9 Å².